The van der Waals surface area contributed by atoms with Gasteiger partial charge in [-0.05, 0) is 97.0 Å². The van der Waals surface area contributed by atoms with Crippen LogP contribution in [0.4, 0.5) is 10.5 Å². The van der Waals surface area contributed by atoms with Gasteiger partial charge in [-0.15, -0.1) is 0 Å². The lowest BCUT2D eigenvalue weighted by atomic mass is 9.85. The first-order valence-electron chi connectivity index (χ1n) is 22.6. The van der Waals surface area contributed by atoms with Crippen LogP contribution in [0.1, 0.15) is 93.2 Å². The van der Waals surface area contributed by atoms with E-state index in [1.807, 2.05) is 98.5 Å². The molecule has 4 aromatic rings. The van der Waals surface area contributed by atoms with Gasteiger partial charge in [0.15, 0.2) is 11.6 Å². The number of para-hydroxylation sites is 1. The van der Waals surface area contributed by atoms with Crippen LogP contribution in [0.5, 0.6) is 0 Å². The number of hydrogen-bond donors (Lipinski definition) is 1. The van der Waals surface area contributed by atoms with E-state index in [0.717, 1.165) is 72.3 Å². The third-order valence-corrected chi connectivity index (χ3v) is 12.9. The van der Waals surface area contributed by atoms with E-state index in [9.17, 15) is 24.0 Å². The summed E-state index contributed by atoms with van der Waals surface area (Å²) in [5.41, 5.74) is 5.52. The van der Waals surface area contributed by atoms with Gasteiger partial charge in [0.05, 0.1) is 19.2 Å². The molecule has 0 aliphatic carbocycles. The van der Waals surface area contributed by atoms with Crippen LogP contribution in [0.2, 0.25) is 0 Å². The number of nitrogens with zero attached hydrogens (tertiary/aromatic N) is 4. The smallest absolute Gasteiger partial charge is 0.407 e. The normalized spacial score (nSPS) is 18.8. The summed E-state index contributed by atoms with van der Waals surface area (Å²) in [7, 11) is 1.27. The number of methoxy groups -OCH3 is 1. The van der Waals surface area contributed by atoms with Crippen molar-refractivity contribution >= 4 is 35.2 Å². The molecule has 11 nitrogen and oxygen atoms in total. The summed E-state index contributed by atoms with van der Waals surface area (Å²) in [6.07, 6.45) is 4.83. The highest BCUT2D eigenvalue weighted by atomic mass is 16.5. The minimum absolute atomic E-state index is 0.0151. The minimum Gasteiger partial charge on any atom is -0.453 e. The van der Waals surface area contributed by atoms with Crippen LogP contribution in [0, 0.1) is 5.41 Å². The number of hydrogen-bond acceptors (Lipinski definition) is 8. The summed E-state index contributed by atoms with van der Waals surface area (Å²) < 4.78 is 4.78. The molecule has 0 spiro atoms. The van der Waals surface area contributed by atoms with Crippen molar-refractivity contribution in [2.24, 2.45) is 5.41 Å². The Hall–Kier alpha value is -5.81. The summed E-state index contributed by atoms with van der Waals surface area (Å²) in [5.74, 6) is -0.144. The molecule has 7 rings (SSSR count). The Morgan fingerprint density at radius 3 is 1.56 bits per heavy atom. The number of ketones is 2. The average Bonchev–Trinajstić information content (AvgIpc) is 4.11. The lowest BCUT2D eigenvalue weighted by Crippen LogP contribution is -2.56. The Balaban J connectivity index is 0.970. The number of carbonyl (C=O) groups is 5. The first kappa shape index (κ1) is 45.2. The number of benzene rings is 4. The maximum Gasteiger partial charge on any atom is 0.407 e. The van der Waals surface area contributed by atoms with Crippen molar-refractivity contribution in [2.45, 2.75) is 109 Å². The number of rotatable bonds is 16. The Kier molecular flexibility index (Phi) is 14.8. The Bertz CT molecular complexity index is 2180. The molecule has 0 bridgehead atoms. The molecule has 0 saturated carbocycles. The van der Waals surface area contributed by atoms with E-state index in [0.29, 0.717) is 39.0 Å². The maximum absolute atomic E-state index is 14.2. The highest BCUT2D eigenvalue weighted by Crippen LogP contribution is 2.32. The monoisotopic (exact) mass is 853 g/mol. The van der Waals surface area contributed by atoms with Gasteiger partial charge in [-0.2, -0.15) is 0 Å². The molecule has 63 heavy (non-hydrogen) atoms. The van der Waals surface area contributed by atoms with Crippen molar-refractivity contribution in [2.75, 3.05) is 38.2 Å². The molecule has 3 saturated heterocycles. The second-order valence-electron chi connectivity index (χ2n) is 18.5. The van der Waals surface area contributed by atoms with Crippen molar-refractivity contribution in [1.29, 1.82) is 0 Å². The fourth-order valence-electron chi connectivity index (χ4n) is 9.50. The summed E-state index contributed by atoms with van der Waals surface area (Å²) in [6, 6.07) is 34.5. The van der Waals surface area contributed by atoms with E-state index in [-0.39, 0.29) is 42.3 Å². The van der Waals surface area contributed by atoms with Gasteiger partial charge in [-0.1, -0.05) is 118 Å². The summed E-state index contributed by atoms with van der Waals surface area (Å²) in [5, 5.41) is 2.69. The number of carbonyl (C=O) groups excluding carboxylic acids is 5. The molecule has 0 aromatic heterocycles. The van der Waals surface area contributed by atoms with Gasteiger partial charge in [0, 0.05) is 44.7 Å². The van der Waals surface area contributed by atoms with Gasteiger partial charge in [-0.25, -0.2) is 4.79 Å². The standard InChI is InChI=1S/C52H63N5O6/c1-52(2,3)48(53-51(62)63-4)50(61)57-32-14-20-44(57)46(59)34-38-23-27-40(28-24-38)36-55(42-17-9-6-10-18-42)35-39-25-21-37(22-26-39)33-45(58)43-19-13-31-56(43)49(60)47(54-29-11-12-30-54)41-15-7-5-8-16-41/h5-10,15-18,21-28,43-44,47-48H,11-14,19-20,29-36H2,1-4H3,(H,53,62)/t43-,44-,47+,48+/m0/s1. The van der Waals surface area contributed by atoms with E-state index < -0.39 is 29.6 Å². The lowest BCUT2D eigenvalue weighted by Gasteiger charge is -2.35. The molecule has 3 aliphatic rings. The zero-order chi connectivity index (χ0) is 44.5. The fraction of sp³-hybridized carbons (Fsp3) is 0.442. The Morgan fingerprint density at radius 1 is 0.619 bits per heavy atom. The van der Waals surface area contributed by atoms with Crippen LogP contribution >= 0.6 is 0 Å². The number of Topliss-reactive ketones (excluding diaryl/α,β-unsaturated/α-hetero) is 2. The van der Waals surface area contributed by atoms with Crippen molar-refractivity contribution in [3.63, 3.8) is 0 Å². The molecule has 3 fully saturated rings. The second kappa shape index (κ2) is 20.6. The van der Waals surface area contributed by atoms with Crippen molar-refractivity contribution in [1.82, 2.24) is 20.0 Å². The van der Waals surface area contributed by atoms with Crippen LogP contribution in [0.3, 0.4) is 0 Å². The predicted octanol–water partition coefficient (Wildman–Crippen LogP) is 7.71. The number of likely N-dealkylation sites (tertiary alicyclic amines) is 3. The summed E-state index contributed by atoms with van der Waals surface area (Å²) in [6.45, 7) is 9.79. The maximum atomic E-state index is 14.2. The number of amides is 3. The van der Waals surface area contributed by atoms with E-state index in [1.54, 1.807) is 4.90 Å². The molecule has 4 atom stereocenters. The van der Waals surface area contributed by atoms with Gasteiger partial charge in [0.2, 0.25) is 11.8 Å². The van der Waals surface area contributed by atoms with Crippen LogP contribution < -0.4 is 10.2 Å². The number of anilines is 1. The van der Waals surface area contributed by atoms with E-state index in [4.69, 9.17) is 4.74 Å². The number of nitrogens with one attached hydrogen (secondary N) is 1. The molecular formula is C52H63N5O6. The third kappa shape index (κ3) is 11.2. The first-order chi connectivity index (χ1) is 30.4. The second-order valence-corrected chi connectivity index (χ2v) is 18.5. The molecule has 0 unspecified atom stereocenters. The molecule has 0 radical (unpaired) electrons. The lowest BCUT2D eigenvalue weighted by molar-refractivity contribution is -0.142. The zero-order valence-electron chi connectivity index (χ0n) is 37.3. The summed E-state index contributed by atoms with van der Waals surface area (Å²) >= 11 is 0. The molecule has 3 heterocycles. The van der Waals surface area contributed by atoms with Crippen molar-refractivity contribution < 1.29 is 28.7 Å². The first-order valence-corrected chi connectivity index (χ1v) is 22.6. The predicted molar refractivity (Wildman–Crippen MR) is 245 cm³/mol. The highest BCUT2D eigenvalue weighted by Gasteiger charge is 2.42. The molecule has 1 N–H and O–H groups in total. The van der Waals surface area contributed by atoms with Gasteiger partial charge in [0.25, 0.3) is 0 Å². The third-order valence-electron chi connectivity index (χ3n) is 12.9. The van der Waals surface area contributed by atoms with Gasteiger partial charge < -0.3 is 24.8 Å². The van der Waals surface area contributed by atoms with Crippen LogP contribution in [-0.4, -0.2) is 95.6 Å². The molecule has 332 valence electrons. The molecular weight excluding hydrogens is 791 g/mol. The fourth-order valence-corrected chi connectivity index (χ4v) is 9.50. The SMILES string of the molecule is COC(=O)N[C@H](C(=O)N1CCC[C@H]1C(=O)Cc1ccc(CN(Cc2ccc(CC(=O)[C@@H]3CCCN3C(=O)[C@@H](c3ccccc3)N3CCCC3)cc2)c2ccccc2)cc1)C(C)(C)C. The van der Waals surface area contributed by atoms with Crippen molar-refractivity contribution in [3.8, 4) is 0 Å². The van der Waals surface area contributed by atoms with E-state index in [2.05, 4.69) is 51.5 Å². The quantitative estimate of drug-likeness (QED) is 0.122. The topological polar surface area (TPSA) is 120 Å². The van der Waals surface area contributed by atoms with Gasteiger partial charge >= 0.3 is 6.09 Å². The zero-order valence-corrected chi connectivity index (χ0v) is 37.3. The van der Waals surface area contributed by atoms with Crippen molar-refractivity contribution in [3.05, 3.63) is 137 Å². The molecule has 4 aromatic carbocycles. The van der Waals surface area contributed by atoms with Crippen LogP contribution in [0.25, 0.3) is 0 Å². The highest BCUT2D eigenvalue weighted by molar-refractivity contribution is 5.94. The molecule has 3 amide bonds. The van der Waals surface area contributed by atoms with Crippen LogP contribution in [-0.2, 0) is 49.8 Å². The van der Waals surface area contributed by atoms with Crippen LogP contribution in [0.15, 0.2) is 109 Å². The number of alkyl carbamates (subject to hydrolysis) is 1. The van der Waals surface area contributed by atoms with Gasteiger partial charge in [-0.3, -0.25) is 24.1 Å². The Labute approximate surface area is 372 Å². The largest absolute Gasteiger partial charge is 0.453 e. The minimum atomic E-state index is -0.822. The molecule has 3 aliphatic heterocycles. The van der Waals surface area contributed by atoms with Gasteiger partial charge in [0.1, 0.15) is 12.1 Å². The van der Waals surface area contributed by atoms with E-state index >= 15 is 0 Å². The Morgan fingerprint density at radius 2 is 1.08 bits per heavy atom. The number of ether oxygens (including phenoxy) is 1. The molecule has 11 heteroatoms. The van der Waals surface area contributed by atoms with E-state index in [1.165, 1.54) is 7.11 Å². The summed E-state index contributed by atoms with van der Waals surface area (Å²) in [4.78, 5) is 75.7. The average molecular weight is 854 g/mol.